The van der Waals surface area contributed by atoms with Crippen LogP contribution in [0.5, 0.6) is 0 Å². The topological polar surface area (TPSA) is 23.8 Å². The summed E-state index contributed by atoms with van der Waals surface area (Å²) in [6.45, 7) is 0. The first-order valence-electron chi connectivity index (χ1n) is 4.66. The van der Waals surface area contributed by atoms with E-state index in [4.69, 9.17) is 5.26 Å². The van der Waals surface area contributed by atoms with E-state index in [2.05, 4.69) is 22.0 Å². The second-order valence-electron chi connectivity index (χ2n) is 3.32. The highest BCUT2D eigenvalue weighted by Gasteiger charge is 2.02. The third-order valence-corrected chi connectivity index (χ3v) is 2.87. The molecule has 0 atom stereocenters. The molecular weight excluding hydrogens is 269 g/mol. The highest BCUT2D eigenvalue weighted by molar-refractivity contribution is 9.10. The molecule has 0 unspecified atom stereocenters. The molecule has 0 spiro atoms. The number of hydrogen-bond donors (Lipinski definition) is 0. The summed E-state index contributed by atoms with van der Waals surface area (Å²) < 4.78 is 13.5. The maximum Gasteiger partial charge on any atom is 0.137 e. The van der Waals surface area contributed by atoms with Crippen LogP contribution in [0.3, 0.4) is 0 Å². The van der Waals surface area contributed by atoms with Crippen molar-refractivity contribution < 1.29 is 4.39 Å². The molecule has 3 heteroatoms. The maximum atomic E-state index is 13.0. The highest BCUT2D eigenvalue weighted by atomic mass is 79.9. The number of nitrogens with zero attached hydrogens (tertiary/aromatic N) is 1. The van der Waals surface area contributed by atoms with Crippen LogP contribution in [0.4, 0.5) is 4.39 Å². The van der Waals surface area contributed by atoms with Crippen molar-refractivity contribution in [3.63, 3.8) is 0 Å². The molecule has 0 saturated carbocycles. The van der Waals surface area contributed by atoms with Crippen LogP contribution in [-0.4, -0.2) is 0 Å². The number of benzene rings is 2. The molecule has 2 rings (SSSR count). The molecule has 78 valence electrons. The van der Waals surface area contributed by atoms with Crippen molar-refractivity contribution in [2.75, 3.05) is 0 Å². The molecule has 0 aromatic heterocycles. The predicted molar refractivity (Wildman–Crippen MR) is 64.3 cm³/mol. The molecule has 0 amide bonds. The molecule has 0 fully saturated rings. The molecular formula is C13H7BrFN. The first-order valence-corrected chi connectivity index (χ1v) is 5.45. The van der Waals surface area contributed by atoms with E-state index in [1.165, 1.54) is 6.07 Å². The van der Waals surface area contributed by atoms with Gasteiger partial charge in [-0.2, -0.15) is 5.26 Å². The average molecular weight is 276 g/mol. The first kappa shape index (κ1) is 10.8. The predicted octanol–water partition coefficient (Wildman–Crippen LogP) is 4.13. The lowest BCUT2D eigenvalue weighted by molar-refractivity contribution is 0.621. The molecule has 0 N–H and O–H groups in total. The van der Waals surface area contributed by atoms with Crippen LogP contribution in [0.25, 0.3) is 11.1 Å². The van der Waals surface area contributed by atoms with Gasteiger partial charge in [-0.1, -0.05) is 18.2 Å². The summed E-state index contributed by atoms with van der Waals surface area (Å²) in [5.41, 5.74) is 2.49. The SMILES string of the molecule is N#Cc1ccc(-c2ccc(F)c(Br)c2)cc1. The minimum absolute atomic E-state index is 0.280. The third-order valence-electron chi connectivity index (χ3n) is 2.27. The summed E-state index contributed by atoms with van der Waals surface area (Å²) in [6, 6.07) is 14.1. The smallest absolute Gasteiger partial charge is 0.137 e. The van der Waals surface area contributed by atoms with Gasteiger partial charge < -0.3 is 0 Å². The quantitative estimate of drug-likeness (QED) is 0.768. The molecule has 0 aliphatic heterocycles. The average Bonchev–Trinajstić information content (AvgIpc) is 2.33. The van der Waals surface area contributed by atoms with E-state index in [-0.39, 0.29) is 5.82 Å². The van der Waals surface area contributed by atoms with E-state index in [0.29, 0.717) is 10.0 Å². The second kappa shape index (κ2) is 4.46. The fraction of sp³-hybridized carbons (Fsp3) is 0. The van der Waals surface area contributed by atoms with Gasteiger partial charge in [0.1, 0.15) is 5.82 Å². The molecule has 0 bridgehead atoms. The zero-order chi connectivity index (χ0) is 11.5. The van der Waals surface area contributed by atoms with Crippen molar-refractivity contribution >= 4 is 15.9 Å². The summed E-state index contributed by atoms with van der Waals surface area (Å²) in [5.74, 6) is -0.280. The molecule has 0 saturated heterocycles. The standard InChI is InChI=1S/C13H7BrFN/c14-12-7-11(5-6-13(12)15)10-3-1-9(8-16)2-4-10/h1-7H. The van der Waals surface area contributed by atoms with Gasteiger partial charge >= 0.3 is 0 Å². The number of nitriles is 1. The van der Waals surface area contributed by atoms with E-state index in [0.717, 1.165) is 11.1 Å². The summed E-state index contributed by atoms with van der Waals surface area (Å²) in [7, 11) is 0. The molecule has 0 heterocycles. The molecule has 2 aromatic carbocycles. The van der Waals surface area contributed by atoms with Crippen LogP contribution in [0.2, 0.25) is 0 Å². The van der Waals surface area contributed by atoms with Gasteiger partial charge in [0.25, 0.3) is 0 Å². The monoisotopic (exact) mass is 275 g/mol. The van der Waals surface area contributed by atoms with Crippen molar-refractivity contribution in [2.24, 2.45) is 0 Å². The van der Waals surface area contributed by atoms with Crippen LogP contribution < -0.4 is 0 Å². The minimum atomic E-state index is -0.280. The van der Waals surface area contributed by atoms with Gasteiger partial charge in [-0.05, 0) is 51.3 Å². The Morgan fingerprint density at radius 3 is 2.19 bits per heavy atom. The van der Waals surface area contributed by atoms with Crippen molar-refractivity contribution in [3.05, 3.63) is 58.3 Å². The molecule has 0 aliphatic carbocycles. The number of hydrogen-bond acceptors (Lipinski definition) is 1. The van der Waals surface area contributed by atoms with E-state index < -0.39 is 0 Å². The Morgan fingerprint density at radius 2 is 1.62 bits per heavy atom. The minimum Gasteiger partial charge on any atom is -0.206 e. The lowest BCUT2D eigenvalue weighted by Crippen LogP contribution is -1.82. The first-order chi connectivity index (χ1) is 7.70. The number of halogens is 2. The highest BCUT2D eigenvalue weighted by Crippen LogP contribution is 2.25. The molecule has 0 radical (unpaired) electrons. The fourth-order valence-electron chi connectivity index (χ4n) is 1.41. The van der Waals surface area contributed by atoms with E-state index in [1.54, 1.807) is 24.3 Å². The molecule has 0 aliphatic rings. The summed E-state index contributed by atoms with van der Waals surface area (Å²) in [4.78, 5) is 0. The van der Waals surface area contributed by atoms with E-state index >= 15 is 0 Å². The third kappa shape index (κ3) is 2.12. The fourth-order valence-corrected chi connectivity index (χ4v) is 1.79. The normalized spacial score (nSPS) is 9.81. The van der Waals surface area contributed by atoms with Gasteiger partial charge in [-0.3, -0.25) is 0 Å². The largest absolute Gasteiger partial charge is 0.206 e. The molecule has 2 aromatic rings. The number of rotatable bonds is 1. The Bertz CT molecular complexity index is 555. The van der Waals surface area contributed by atoms with Gasteiger partial charge in [-0.25, -0.2) is 4.39 Å². The Labute approximate surface area is 101 Å². The summed E-state index contributed by atoms with van der Waals surface area (Å²) in [5, 5.41) is 8.67. The lowest BCUT2D eigenvalue weighted by Gasteiger charge is -2.03. The van der Waals surface area contributed by atoms with E-state index in [9.17, 15) is 4.39 Å². The van der Waals surface area contributed by atoms with Gasteiger partial charge in [0, 0.05) is 0 Å². The lowest BCUT2D eigenvalue weighted by atomic mass is 10.0. The van der Waals surface area contributed by atoms with Gasteiger partial charge in [0.15, 0.2) is 0 Å². The Kier molecular flexibility index (Phi) is 3.02. The molecule has 1 nitrogen and oxygen atoms in total. The van der Waals surface area contributed by atoms with Gasteiger partial charge in [-0.15, -0.1) is 0 Å². The molecule has 16 heavy (non-hydrogen) atoms. The second-order valence-corrected chi connectivity index (χ2v) is 4.17. The van der Waals surface area contributed by atoms with E-state index in [1.807, 2.05) is 12.1 Å². The Morgan fingerprint density at radius 1 is 1.00 bits per heavy atom. The van der Waals surface area contributed by atoms with Crippen LogP contribution in [0, 0.1) is 17.1 Å². The van der Waals surface area contributed by atoms with Crippen LogP contribution >= 0.6 is 15.9 Å². The Balaban J connectivity index is 2.43. The van der Waals surface area contributed by atoms with Crippen molar-refractivity contribution in [2.45, 2.75) is 0 Å². The summed E-state index contributed by atoms with van der Waals surface area (Å²) >= 11 is 3.14. The summed E-state index contributed by atoms with van der Waals surface area (Å²) in [6.07, 6.45) is 0. The van der Waals surface area contributed by atoms with Crippen molar-refractivity contribution in [3.8, 4) is 17.2 Å². The van der Waals surface area contributed by atoms with Crippen LogP contribution in [0.15, 0.2) is 46.9 Å². The van der Waals surface area contributed by atoms with Gasteiger partial charge in [0.05, 0.1) is 16.1 Å². The Hall–Kier alpha value is -1.66. The maximum absolute atomic E-state index is 13.0. The van der Waals surface area contributed by atoms with Crippen molar-refractivity contribution in [1.29, 1.82) is 5.26 Å². The van der Waals surface area contributed by atoms with Crippen molar-refractivity contribution in [1.82, 2.24) is 0 Å². The zero-order valence-corrected chi connectivity index (χ0v) is 9.83. The van der Waals surface area contributed by atoms with Gasteiger partial charge in [0.2, 0.25) is 0 Å². The zero-order valence-electron chi connectivity index (χ0n) is 8.24. The van der Waals surface area contributed by atoms with Crippen LogP contribution in [0.1, 0.15) is 5.56 Å². The van der Waals surface area contributed by atoms with Crippen LogP contribution in [-0.2, 0) is 0 Å².